The third kappa shape index (κ3) is 4.05. The van der Waals surface area contributed by atoms with E-state index in [1.165, 1.54) is 32.1 Å². The monoisotopic (exact) mass is 407 g/mol. The molecule has 1 saturated heterocycles. The van der Waals surface area contributed by atoms with Crippen LogP contribution in [0.5, 0.6) is 5.75 Å². The number of piperidine rings is 1. The summed E-state index contributed by atoms with van der Waals surface area (Å²) in [5.41, 5.74) is 2.99. The first-order valence-electron chi connectivity index (χ1n) is 10.3. The molecule has 0 spiro atoms. The molecule has 29 heavy (non-hydrogen) atoms. The van der Waals surface area contributed by atoms with E-state index in [9.17, 15) is 0 Å². The minimum Gasteiger partial charge on any atom is -0.497 e. The van der Waals surface area contributed by atoms with Gasteiger partial charge in [-0.15, -0.1) is 0 Å². The summed E-state index contributed by atoms with van der Waals surface area (Å²) in [4.78, 5) is 17.8. The van der Waals surface area contributed by atoms with Gasteiger partial charge < -0.3 is 15.0 Å². The van der Waals surface area contributed by atoms with Crippen molar-refractivity contribution in [2.24, 2.45) is 0 Å². The molecule has 0 radical (unpaired) electrons. The van der Waals surface area contributed by atoms with Crippen LogP contribution in [0, 0.1) is 0 Å². The zero-order chi connectivity index (χ0) is 19.6. The first-order chi connectivity index (χ1) is 14.3. The molecular weight excluding hydrogens is 382 g/mol. The summed E-state index contributed by atoms with van der Waals surface area (Å²) in [5.74, 6) is 1.55. The maximum Gasteiger partial charge on any atom is 0.223 e. The second-order valence-corrected chi connectivity index (χ2v) is 8.61. The van der Waals surface area contributed by atoms with Gasteiger partial charge in [-0.25, -0.2) is 15.0 Å². The van der Waals surface area contributed by atoms with Crippen molar-refractivity contribution >= 4 is 22.4 Å². The van der Waals surface area contributed by atoms with E-state index < -0.39 is 0 Å². The third-order valence-corrected chi connectivity index (χ3v) is 6.54. The molecule has 0 amide bonds. The van der Waals surface area contributed by atoms with Gasteiger partial charge in [-0.2, -0.15) is 0 Å². The maximum atomic E-state index is 5.32. The van der Waals surface area contributed by atoms with Crippen LogP contribution in [0.25, 0.3) is 21.8 Å². The Labute approximate surface area is 175 Å². The Bertz CT molecular complexity index is 977. The number of thiazole rings is 1. The predicted octanol–water partition coefficient (Wildman–Crippen LogP) is 4.84. The van der Waals surface area contributed by atoms with E-state index in [4.69, 9.17) is 14.7 Å². The summed E-state index contributed by atoms with van der Waals surface area (Å²) >= 11 is 1.73. The third-order valence-electron chi connectivity index (χ3n) is 5.40. The molecule has 1 N–H and O–H groups in total. The predicted molar refractivity (Wildman–Crippen MR) is 118 cm³/mol. The van der Waals surface area contributed by atoms with Crippen molar-refractivity contribution in [1.82, 2.24) is 15.0 Å². The molecular formula is C22H25N5OS. The fraction of sp³-hybridized carbons (Fsp3) is 0.409. The summed E-state index contributed by atoms with van der Waals surface area (Å²) in [5, 5.41) is 4.49. The Balaban J connectivity index is 1.55. The van der Waals surface area contributed by atoms with Gasteiger partial charge in [-0.1, -0.05) is 11.3 Å². The molecule has 3 heterocycles. The van der Waals surface area contributed by atoms with Crippen LogP contribution >= 0.6 is 11.3 Å². The number of benzene rings is 1. The summed E-state index contributed by atoms with van der Waals surface area (Å²) in [7, 11) is 1.69. The number of rotatable bonds is 6. The summed E-state index contributed by atoms with van der Waals surface area (Å²) in [6.45, 7) is 2.15. The molecule has 7 heteroatoms. The molecule has 1 saturated carbocycles. The Morgan fingerprint density at radius 3 is 2.55 bits per heavy atom. The van der Waals surface area contributed by atoms with E-state index in [2.05, 4.69) is 27.3 Å². The molecule has 1 aromatic carbocycles. The van der Waals surface area contributed by atoms with Crippen molar-refractivity contribution in [3.8, 4) is 27.6 Å². The molecule has 6 nitrogen and oxygen atoms in total. The number of nitrogens with zero attached hydrogens (tertiary/aromatic N) is 4. The highest BCUT2D eigenvalue weighted by molar-refractivity contribution is 7.19. The smallest absolute Gasteiger partial charge is 0.223 e. The zero-order valence-corrected chi connectivity index (χ0v) is 17.4. The Morgan fingerprint density at radius 2 is 1.83 bits per heavy atom. The van der Waals surface area contributed by atoms with Crippen LogP contribution in [0.2, 0.25) is 0 Å². The molecule has 150 valence electrons. The fourth-order valence-corrected chi connectivity index (χ4v) is 4.72. The van der Waals surface area contributed by atoms with Gasteiger partial charge in [0.15, 0.2) is 5.13 Å². The van der Waals surface area contributed by atoms with Gasteiger partial charge in [-0.05, 0) is 62.4 Å². The number of hydrogen-bond acceptors (Lipinski definition) is 7. The van der Waals surface area contributed by atoms with Crippen molar-refractivity contribution in [2.45, 2.75) is 38.1 Å². The Hall–Kier alpha value is -2.67. The topological polar surface area (TPSA) is 63.2 Å². The first-order valence-corrected chi connectivity index (χ1v) is 11.1. The average molecular weight is 408 g/mol. The number of hydrogen-bond donors (Lipinski definition) is 1. The second-order valence-electron chi connectivity index (χ2n) is 7.63. The maximum absolute atomic E-state index is 5.32. The fourth-order valence-electron chi connectivity index (χ4n) is 3.61. The molecule has 5 rings (SSSR count). The van der Waals surface area contributed by atoms with E-state index in [1.807, 2.05) is 24.4 Å². The Morgan fingerprint density at radius 1 is 1.03 bits per heavy atom. The van der Waals surface area contributed by atoms with Crippen LogP contribution < -0.4 is 15.0 Å². The highest BCUT2D eigenvalue weighted by atomic mass is 32.1. The SMILES string of the molecule is COc1ccc(-c2nc(N3CCCCC3)sc2-c2ccnc(NC3CC3)n2)cc1. The minimum atomic E-state index is 0.525. The number of ether oxygens (including phenoxy) is 1. The highest BCUT2D eigenvalue weighted by Gasteiger charge is 2.24. The number of methoxy groups -OCH3 is 1. The van der Waals surface area contributed by atoms with Gasteiger partial charge in [-0.3, -0.25) is 0 Å². The normalized spacial score (nSPS) is 16.7. The van der Waals surface area contributed by atoms with Crippen LogP contribution in [-0.4, -0.2) is 41.2 Å². The molecule has 1 aliphatic carbocycles. The minimum absolute atomic E-state index is 0.525. The van der Waals surface area contributed by atoms with Crippen molar-refractivity contribution in [3.05, 3.63) is 36.5 Å². The lowest BCUT2D eigenvalue weighted by Gasteiger charge is -2.25. The highest BCUT2D eigenvalue weighted by Crippen LogP contribution is 2.41. The lowest BCUT2D eigenvalue weighted by Crippen LogP contribution is -2.29. The van der Waals surface area contributed by atoms with E-state index in [-0.39, 0.29) is 0 Å². The van der Waals surface area contributed by atoms with Gasteiger partial charge in [0.2, 0.25) is 5.95 Å². The van der Waals surface area contributed by atoms with Crippen molar-refractivity contribution in [2.75, 3.05) is 30.4 Å². The first kappa shape index (κ1) is 18.4. The van der Waals surface area contributed by atoms with Gasteiger partial charge in [0.1, 0.15) is 5.75 Å². The van der Waals surface area contributed by atoms with Crippen LogP contribution in [0.15, 0.2) is 36.5 Å². The number of anilines is 2. The lowest BCUT2D eigenvalue weighted by atomic mass is 10.1. The molecule has 2 aromatic heterocycles. The molecule has 0 atom stereocenters. The van der Waals surface area contributed by atoms with Crippen molar-refractivity contribution in [1.29, 1.82) is 0 Å². The van der Waals surface area contributed by atoms with Crippen molar-refractivity contribution < 1.29 is 4.74 Å². The molecule has 0 bridgehead atoms. The average Bonchev–Trinajstić information content (AvgIpc) is 3.48. The largest absolute Gasteiger partial charge is 0.497 e. The molecule has 2 fully saturated rings. The zero-order valence-electron chi connectivity index (χ0n) is 16.6. The molecule has 1 aliphatic heterocycles. The van der Waals surface area contributed by atoms with Gasteiger partial charge in [0.25, 0.3) is 0 Å². The van der Waals surface area contributed by atoms with Crippen LogP contribution in [0.1, 0.15) is 32.1 Å². The standard InChI is InChI=1S/C22H25N5OS/c1-28-17-9-5-15(6-10-17)19-20(29-22(26-19)27-13-3-2-4-14-27)18-11-12-23-21(25-18)24-16-7-8-16/h5-6,9-12,16H,2-4,7-8,13-14H2,1H3,(H,23,24,25). The summed E-state index contributed by atoms with van der Waals surface area (Å²) < 4.78 is 5.32. The van der Waals surface area contributed by atoms with Gasteiger partial charge in [0.05, 0.1) is 23.4 Å². The lowest BCUT2D eigenvalue weighted by molar-refractivity contribution is 0.415. The van der Waals surface area contributed by atoms with E-state index in [0.717, 1.165) is 45.8 Å². The quantitative estimate of drug-likeness (QED) is 0.631. The molecule has 0 unspecified atom stereocenters. The van der Waals surface area contributed by atoms with Gasteiger partial charge in [0, 0.05) is 30.9 Å². The van der Waals surface area contributed by atoms with E-state index >= 15 is 0 Å². The van der Waals surface area contributed by atoms with Crippen LogP contribution in [-0.2, 0) is 0 Å². The second kappa shape index (κ2) is 7.99. The Kier molecular flexibility index (Phi) is 5.06. The van der Waals surface area contributed by atoms with Gasteiger partial charge >= 0.3 is 0 Å². The van der Waals surface area contributed by atoms with E-state index in [1.54, 1.807) is 18.4 Å². The van der Waals surface area contributed by atoms with Crippen molar-refractivity contribution in [3.63, 3.8) is 0 Å². The van der Waals surface area contributed by atoms with Crippen LogP contribution in [0.3, 0.4) is 0 Å². The number of nitrogens with one attached hydrogen (secondary N) is 1. The summed E-state index contributed by atoms with van der Waals surface area (Å²) in [6.07, 6.45) is 8.01. The van der Waals surface area contributed by atoms with Crippen LogP contribution in [0.4, 0.5) is 11.1 Å². The molecule has 3 aromatic rings. The summed E-state index contributed by atoms with van der Waals surface area (Å²) in [6, 6.07) is 10.6. The molecule has 2 aliphatic rings. The van der Waals surface area contributed by atoms with E-state index in [0.29, 0.717) is 12.0 Å². The number of aromatic nitrogens is 3.